The number of benzene rings is 1. The highest BCUT2D eigenvalue weighted by Crippen LogP contribution is 2.45. The summed E-state index contributed by atoms with van der Waals surface area (Å²) >= 11 is 0. The van der Waals surface area contributed by atoms with E-state index in [0.29, 0.717) is 25.3 Å². The summed E-state index contributed by atoms with van der Waals surface area (Å²) in [6.07, 6.45) is 3.09. The molecule has 21 heavy (non-hydrogen) atoms. The first-order chi connectivity index (χ1) is 10.1. The Hall–Kier alpha value is -2.04. The third-order valence-corrected chi connectivity index (χ3v) is 4.20. The van der Waals surface area contributed by atoms with E-state index in [1.54, 1.807) is 0 Å². The van der Waals surface area contributed by atoms with Gasteiger partial charge in [-0.3, -0.25) is 4.79 Å². The summed E-state index contributed by atoms with van der Waals surface area (Å²) < 4.78 is 0. The van der Waals surface area contributed by atoms with Gasteiger partial charge in [-0.1, -0.05) is 42.4 Å². The molecule has 4 N–H and O–H groups in total. The number of nitrogens with two attached hydrogens (primary N) is 1. The van der Waals surface area contributed by atoms with Crippen LogP contribution < -0.4 is 11.1 Å². The highest BCUT2D eigenvalue weighted by Gasteiger charge is 2.51. The van der Waals surface area contributed by atoms with Crippen LogP contribution in [0.3, 0.4) is 0 Å². The zero-order chi connectivity index (χ0) is 15.3. The summed E-state index contributed by atoms with van der Waals surface area (Å²) in [6.45, 7) is 2.66. The number of oxime groups is 1. The lowest BCUT2D eigenvalue weighted by molar-refractivity contribution is -0.133. The maximum absolute atomic E-state index is 12.3. The number of nitrogens with one attached hydrogen (secondary N) is 1. The van der Waals surface area contributed by atoms with Crippen molar-refractivity contribution in [2.24, 2.45) is 22.2 Å². The fourth-order valence-electron chi connectivity index (χ4n) is 3.04. The number of carbonyl (C=O) groups is 1. The molecule has 0 aromatic heterocycles. The van der Waals surface area contributed by atoms with Crippen LogP contribution in [-0.4, -0.2) is 23.5 Å². The minimum absolute atomic E-state index is 0.0289. The molecule has 0 spiro atoms. The minimum Gasteiger partial charge on any atom is -0.409 e. The molecule has 5 heteroatoms. The fourth-order valence-corrected chi connectivity index (χ4v) is 3.04. The van der Waals surface area contributed by atoms with Crippen LogP contribution in [0.5, 0.6) is 0 Å². The molecule has 1 aliphatic rings. The lowest BCUT2D eigenvalue weighted by atomic mass is 9.61. The molecule has 0 saturated heterocycles. The Kier molecular flexibility index (Phi) is 4.83. The lowest BCUT2D eigenvalue weighted by Crippen LogP contribution is -2.56. The number of carbonyl (C=O) groups excluding carboxylic acids is 1. The molecule has 1 amide bonds. The van der Waals surface area contributed by atoms with E-state index in [2.05, 4.69) is 29.5 Å². The standard InChI is InChI=1S/C16H23N3O2/c1-12-10-16(11-12,14(17)19-21)15(20)18-9-5-8-13-6-3-2-4-7-13/h2-4,6-7,12,21H,5,8-11H2,1H3,(H2,17,19)(H,18,20). The number of aryl methyl sites for hydroxylation is 1. The van der Waals surface area contributed by atoms with E-state index < -0.39 is 5.41 Å². The van der Waals surface area contributed by atoms with Gasteiger partial charge in [-0.2, -0.15) is 0 Å². The van der Waals surface area contributed by atoms with Crippen molar-refractivity contribution in [3.05, 3.63) is 35.9 Å². The first-order valence-corrected chi connectivity index (χ1v) is 7.39. The minimum atomic E-state index is -0.805. The number of amidine groups is 1. The van der Waals surface area contributed by atoms with Gasteiger partial charge in [0.15, 0.2) is 5.84 Å². The summed E-state index contributed by atoms with van der Waals surface area (Å²) in [5.74, 6) is 0.338. The largest absolute Gasteiger partial charge is 0.409 e. The molecular formula is C16H23N3O2. The Labute approximate surface area is 125 Å². The van der Waals surface area contributed by atoms with E-state index in [-0.39, 0.29) is 11.7 Å². The molecule has 0 bridgehead atoms. The third-order valence-electron chi connectivity index (χ3n) is 4.20. The normalized spacial score (nSPS) is 25.2. The van der Waals surface area contributed by atoms with Crippen LogP contribution in [0.1, 0.15) is 31.7 Å². The van der Waals surface area contributed by atoms with Crippen molar-refractivity contribution in [3.63, 3.8) is 0 Å². The molecule has 5 nitrogen and oxygen atoms in total. The average molecular weight is 289 g/mol. The predicted octanol–water partition coefficient (Wildman–Crippen LogP) is 1.90. The van der Waals surface area contributed by atoms with Gasteiger partial charge in [0, 0.05) is 6.54 Å². The van der Waals surface area contributed by atoms with E-state index >= 15 is 0 Å². The van der Waals surface area contributed by atoms with Crippen molar-refractivity contribution in [1.29, 1.82) is 0 Å². The van der Waals surface area contributed by atoms with Crippen molar-refractivity contribution in [2.75, 3.05) is 6.54 Å². The first-order valence-electron chi connectivity index (χ1n) is 7.39. The molecule has 1 aliphatic carbocycles. The van der Waals surface area contributed by atoms with Crippen molar-refractivity contribution >= 4 is 11.7 Å². The van der Waals surface area contributed by atoms with E-state index in [4.69, 9.17) is 10.9 Å². The summed E-state index contributed by atoms with van der Waals surface area (Å²) in [7, 11) is 0. The van der Waals surface area contributed by atoms with E-state index in [9.17, 15) is 4.79 Å². The monoisotopic (exact) mass is 289 g/mol. The Morgan fingerprint density at radius 1 is 1.43 bits per heavy atom. The average Bonchev–Trinajstić information content (AvgIpc) is 2.48. The van der Waals surface area contributed by atoms with Crippen molar-refractivity contribution in [3.8, 4) is 0 Å². The summed E-state index contributed by atoms with van der Waals surface area (Å²) in [6, 6.07) is 10.2. The van der Waals surface area contributed by atoms with Gasteiger partial charge in [-0.05, 0) is 37.2 Å². The van der Waals surface area contributed by atoms with Crippen LogP contribution in [0.4, 0.5) is 0 Å². The molecule has 114 valence electrons. The molecule has 2 rings (SSSR count). The molecule has 0 unspecified atom stereocenters. The second-order valence-corrected chi connectivity index (χ2v) is 5.93. The molecule has 1 aromatic carbocycles. The van der Waals surface area contributed by atoms with Crippen LogP contribution in [0, 0.1) is 11.3 Å². The SMILES string of the molecule is CC1CC(C(=O)NCCCc2ccccc2)(/C(N)=N/O)C1. The highest BCUT2D eigenvalue weighted by atomic mass is 16.4. The van der Waals surface area contributed by atoms with Crippen LogP contribution in [0.2, 0.25) is 0 Å². The highest BCUT2D eigenvalue weighted by molar-refractivity contribution is 6.07. The van der Waals surface area contributed by atoms with Gasteiger partial charge in [0.2, 0.25) is 5.91 Å². The van der Waals surface area contributed by atoms with Gasteiger partial charge < -0.3 is 16.3 Å². The maximum atomic E-state index is 12.3. The Bertz CT molecular complexity index is 508. The van der Waals surface area contributed by atoms with Crippen LogP contribution >= 0.6 is 0 Å². The van der Waals surface area contributed by atoms with Gasteiger partial charge in [0.05, 0.1) is 0 Å². The summed E-state index contributed by atoms with van der Waals surface area (Å²) in [4.78, 5) is 12.3. The molecule has 0 radical (unpaired) electrons. The first kappa shape index (κ1) is 15.4. The number of hydrogen-bond acceptors (Lipinski definition) is 3. The Morgan fingerprint density at radius 2 is 2.10 bits per heavy atom. The fraction of sp³-hybridized carbons (Fsp3) is 0.500. The predicted molar refractivity (Wildman–Crippen MR) is 82.0 cm³/mol. The molecular weight excluding hydrogens is 266 g/mol. The van der Waals surface area contributed by atoms with E-state index in [1.165, 1.54) is 5.56 Å². The van der Waals surface area contributed by atoms with Gasteiger partial charge in [-0.25, -0.2) is 0 Å². The van der Waals surface area contributed by atoms with Gasteiger partial charge in [-0.15, -0.1) is 0 Å². The lowest BCUT2D eigenvalue weighted by Gasteiger charge is -2.43. The number of nitrogens with zero attached hydrogens (tertiary/aromatic N) is 1. The summed E-state index contributed by atoms with van der Waals surface area (Å²) in [5.41, 5.74) is 6.17. The smallest absolute Gasteiger partial charge is 0.233 e. The third kappa shape index (κ3) is 3.35. The van der Waals surface area contributed by atoms with Crippen LogP contribution in [0.15, 0.2) is 35.5 Å². The number of hydrogen-bond donors (Lipinski definition) is 3. The zero-order valence-corrected chi connectivity index (χ0v) is 12.4. The molecule has 0 heterocycles. The second-order valence-electron chi connectivity index (χ2n) is 5.93. The van der Waals surface area contributed by atoms with Crippen molar-refractivity contribution in [2.45, 2.75) is 32.6 Å². The number of amides is 1. The van der Waals surface area contributed by atoms with Crippen molar-refractivity contribution < 1.29 is 10.0 Å². The van der Waals surface area contributed by atoms with Gasteiger partial charge >= 0.3 is 0 Å². The molecule has 0 atom stereocenters. The number of rotatable bonds is 6. The second kappa shape index (κ2) is 6.61. The van der Waals surface area contributed by atoms with Gasteiger partial charge in [0.25, 0.3) is 0 Å². The summed E-state index contributed by atoms with van der Waals surface area (Å²) in [5, 5.41) is 14.8. The van der Waals surface area contributed by atoms with Gasteiger partial charge in [0.1, 0.15) is 5.41 Å². The quantitative estimate of drug-likeness (QED) is 0.246. The van der Waals surface area contributed by atoms with E-state index in [0.717, 1.165) is 12.8 Å². The van der Waals surface area contributed by atoms with Crippen LogP contribution in [-0.2, 0) is 11.2 Å². The molecule has 1 aromatic rings. The molecule has 0 aliphatic heterocycles. The Balaban J connectivity index is 1.81. The maximum Gasteiger partial charge on any atom is 0.233 e. The van der Waals surface area contributed by atoms with Crippen LogP contribution in [0.25, 0.3) is 0 Å². The molecule has 1 fully saturated rings. The van der Waals surface area contributed by atoms with E-state index in [1.807, 2.05) is 18.2 Å². The zero-order valence-electron chi connectivity index (χ0n) is 12.4. The van der Waals surface area contributed by atoms with Crippen molar-refractivity contribution in [1.82, 2.24) is 5.32 Å². The Morgan fingerprint density at radius 3 is 2.67 bits per heavy atom. The molecule has 1 saturated carbocycles. The topological polar surface area (TPSA) is 87.7 Å².